The Morgan fingerprint density at radius 2 is 2.00 bits per heavy atom. The van der Waals surface area contributed by atoms with Crippen LogP contribution in [0.25, 0.3) is 10.9 Å². The van der Waals surface area contributed by atoms with E-state index < -0.39 is 49.3 Å². The molecule has 36 heavy (non-hydrogen) atoms. The average Bonchev–Trinajstić information content (AvgIpc) is 3.26. The summed E-state index contributed by atoms with van der Waals surface area (Å²) in [5.74, 6) is -0.198. The highest BCUT2D eigenvalue weighted by molar-refractivity contribution is 6.07. The molecule has 1 amide bonds. The number of rotatable bonds is 7. The minimum atomic E-state index is -2.15. The molecule has 0 spiro atoms. The van der Waals surface area contributed by atoms with E-state index in [1.807, 2.05) is 6.07 Å². The lowest BCUT2D eigenvalue weighted by molar-refractivity contribution is -0.288. The van der Waals surface area contributed by atoms with E-state index in [1.165, 1.54) is 7.11 Å². The number of amides is 1. The van der Waals surface area contributed by atoms with Crippen LogP contribution in [-0.2, 0) is 11.3 Å². The van der Waals surface area contributed by atoms with Crippen molar-refractivity contribution in [3.63, 3.8) is 0 Å². The van der Waals surface area contributed by atoms with Gasteiger partial charge in [-0.25, -0.2) is 0 Å². The molecule has 2 aromatic carbocycles. The molecule has 0 radical (unpaired) electrons. The quantitative estimate of drug-likeness (QED) is 0.250. The number of benzene rings is 2. The second-order valence-corrected chi connectivity index (χ2v) is 8.66. The van der Waals surface area contributed by atoms with Crippen LogP contribution < -0.4 is 10.1 Å². The number of nitriles is 1. The number of nitrogens with one attached hydrogen (secondary N) is 1. The van der Waals surface area contributed by atoms with E-state index in [0.29, 0.717) is 28.8 Å². The van der Waals surface area contributed by atoms with E-state index in [-0.39, 0.29) is 5.56 Å². The van der Waals surface area contributed by atoms with Gasteiger partial charge < -0.3 is 44.9 Å². The Morgan fingerprint density at radius 3 is 2.67 bits per heavy atom. The summed E-state index contributed by atoms with van der Waals surface area (Å²) in [4.78, 5) is 13.4. The van der Waals surface area contributed by atoms with Gasteiger partial charge in [0.2, 0.25) is 0 Å². The van der Waals surface area contributed by atoms with E-state index in [2.05, 4.69) is 11.4 Å². The van der Waals surface area contributed by atoms with Crippen LogP contribution in [0.1, 0.15) is 21.5 Å². The maximum atomic E-state index is 13.4. The number of hydrogen-bond acceptors (Lipinski definition) is 9. The standard InChI is InChI=1S/C25H27N3O8/c1-35-16-5-6-17-18(11-28(19(17)8-16)10-15-4-2-3-14(7-15)9-26)23(33)27-25(13-30)22(32)21(31)20(12-29)36-24(25)34/h2-8,11,20-22,24,29-32,34H,10,12-13H2,1H3,(H,27,33)/t20-,21-,22+,24?,25-/m1/s1. The molecule has 1 unspecified atom stereocenters. The Balaban J connectivity index is 1.73. The van der Waals surface area contributed by atoms with Crippen LogP contribution in [-0.4, -0.2) is 86.5 Å². The van der Waals surface area contributed by atoms with E-state index in [1.54, 1.807) is 47.2 Å². The van der Waals surface area contributed by atoms with Gasteiger partial charge in [-0.05, 0) is 29.8 Å². The van der Waals surface area contributed by atoms with Gasteiger partial charge in [0.1, 0.15) is 29.6 Å². The van der Waals surface area contributed by atoms with Crippen LogP contribution in [0, 0.1) is 11.3 Å². The van der Waals surface area contributed by atoms with Gasteiger partial charge in [-0.2, -0.15) is 5.26 Å². The molecule has 1 fully saturated rings. The maximum absolute atomic E-state index is 13.4. The Morgan fingerprint density at radius 1 is 1.22 bits per heavy atom. The summed E-state index contributed by atoms with van der Waals surface area (Å²) < 4.78 is 12.3. The number of hydrogen-bond donors (Lipinski definition) is 6. The third kappa shape index (κ3) is 4.42. The van der Waals surface area contributed by atoms with E-state index >= 15 is 0 Å². The Bertz CT molecular complexity index is 1300. The highest BCUT2D eigenvalue weighted by atomic mass is 16.6. The largest absolute Gasteiger partial charge is 0.497 e. The summed E-state index contributed by atoms with van der Waals surface area (Å²) in [5.41, 5.74) is -0.0393. The molecular formula is C25H27N3O8. The third-order valence-electron chi connectivity index (χ3n) is 6.51. The molecule has 5 atom stereocenters. The number of ether oxygens (including phenoxy) is 2. The van der Waals surface area contributed by atoms with Crippen molar-refractivity contribution in [3.05, 3.63) is 65.4 Å². The zero-order valence-corrected chi connectivity index (χ0v) is 19.4. The predicted molar refractivity (Wildman–Crippen MR) is 126 cm³/mol. The second-order valence-electron chi connectivity index (χ2n) is 8.66. The minimum Gasteiger partial charge on any atom is -0.497 e. The SMILES string of the molecule is COc1ccc2c(C(=O)N[C@@]3(CO)C(O)O[C@H](CO)[C@@H](O)[C@@H]3O)cn(Cc3cccc(C#N)c3)c2c1. The van der Waals surface area contributed by atoms with Gasteiger partial charge in [-0.3, -0.25) is 4.79 Å². The van der Waals surface area contributed by atoms with Crippen molar-refractivity contribution >= 4 is 16.8 Å². The molecule has 1 aromatic heterocycles. The van der Waals surface area contributed by atoms with Crippen LogP contribution >= 0.6 is 0 Å². The van der Waals surface area contributed by atoms with Crippen molar-refractivity contribution in [2.75, 3.05) is 20.3 Å². The van der Waals surface area contributed by atoms with Crippen LogP contribution in [0.15, 0.2) is 48.7 Å². The molecule has 0 bridgehead atoms. The highest BCUT2D eigenvalue weighted by Crippen LogP contribution is 2.31. The molecule has 3 aromatic rings. The summed E-state index contributed by atoms with van der Waals surface area (Å²) in [7, 11) is 1.51. The summed E-state index contributed by atoms with van der Waals surface area (Å²) in [6, 6.07) is 14.2. The molecular weight excluding hydrogens is 470 g/mol. The number of aliphatic hydroxyl groups is 5. The second kappa shape index (κ2) is 10.2. The molecule has 1 aliphatic heterocycles. The monoisotopic (exact) mass is 497 g/mol. The number of carbonyl (C=O) groups is 1. The van der Waals surface area contributed by atoms with Crippen molar-refractivity contribution in [2.24, 2.45) is 0 Å². The zero-order chi connectivity index (χ0) is 26.0. The van der Waals surface area contributed by atoms with E-state index in [0.717, 1.165) is 5.56 Å². The Hall–Kier alpha value is -3.50. The molecule has 6 N–H and O–H groups in total. The van der Waals surface area contributed by atoms with E-state index in [9.17, 15) is 35.6 Å². The van der Waals surface area contributed by atoms with Gasteiger partial charge in [0.25, 0.3) is 5.91 Å². The summed E-state index contributed by atoms with van der Waals surface area (Å²) in [6.07, 6.45) is -5.16. The smallest absolute Gasteiger partial charge is 0.254 e. The third-order valence-corrected chi connectivity index (χ3v) is 6.51. The first kappa shape index (κ1) is 25.6. The molecule has 1 aliphatic rings. The number of fused-ring (bicyclic) bond motifs is 1. The van der Waals surface area contributed by atoms with E-state index in [4.69, 9.17) is 9.47 Å². The lowest BCUT2D eigenvalue weighted by Crippen LogP contribution is -2.74. The fraction of sp³-hybridized carbons (Fsp3) is 0.360. The fourth-order valence-electron chi connectivity index (χ4n) is 4.44. The van der Waals surface area contributed by atoms with Gasteiger partial charge in [-0.1, -0.05) is 12.1 Å². The zero-order valence-electron chi connectivity index (χ0n) is 19.4. The van der Waals surface area contributed by atoms with Crippen LogP contribution in [0.4, 0.5) is 0 Å². The lowest BCUT2D eigenvalue weighted by atomic mass is 9.83. The fourth-order valence-corrected chi connectivity index (χ4v) is 4.44. The average molecular weight is 498 g/mol. The Kier molecular flexibility index (Phi) is 7.28. The summed E-state index contributed by atoms with van der Waals surface area (Å²) in [5, 5.41) is 63.0. The van der Waals surface area contributed by atoms with Crippen molar-refractivity contribution in [1.29, 1.82) is 5.26 Å². The number of methoxy groups -OCH3 is 1. The number of nitrogens with zero attached hydrogens (tertiary/aromatic N) is 2. The predicted octanol–water partition coefficient (Wildman–Crippen LogP) is -0.538. The minimum absolute atomic E-state index is 0.162. The Labute approximate surface area is 206 Å². The molecule has 1 saturated heterocycles. The molecule has 11 nitrogen and oxygen atoms in total. The normalized spacial score (nSPS) is 25.9. The van der Waals surface area contributed by atoms with Crippen LogP contribution in [0.2, 0.25) is 0 Å². The maximum Gasteiger partial charge on any atom is 0.254 e. The molecule has 0 aliphatic carbocycles. The van der Waals surface area contributed by atoms with Crippen molar-refractivity contribution in [2.45, 2.75) is 36.7 Å². The molecule has 11 heteroatoms. The number of carbonyl (C=O) groups excluding carboxylic acids is 1. The molecule has 2 heterocycles. The first-order chi connectivity index (χ1) is 17.3. The topological polar surface area (TPSA) is 177 Å². The summed E-state index contributed by atoms with van der Waals surface area (Å²) in [6.45, 7) is -1.32. The van der Waals surface area contributed by atoms with Gasteiger partial charge in [0.15, 0.2) is 6.29 Å². The number of aliphatic hydroxyl groups excluding tert-OH is 5. The first-order valence-corrected chi connectivity index (χ1v) is 11.2. The van der Waals surface area contributed by atoms with Crippen molar-refractivity contribution in [3.8, 4) is 11.8 Å². The van der Waals surface area contributed by atoms with Gasteiger partial charge >= 0.3 is 0 Å². The summed E-state index contributed by atoms with van der Waals surface area (Å²) >= 11 is 0. The van der Waals surface area contributed by atoms with Crippen molar-refractivity contribution in [1.82, 2.24) is 9.88 Å². The molecule has 0 saturated carbocycles. The lowest BCUT2D eigenvalue weighted by Gasteiger charge is -2.48. The van der Waals surface area contributed by atoms with Crippen LogP contribution in [0.5, 0.6) is 5.75 Å². The van der Waals surface area contributed by atoms with Gasteiger partial charge in [0, 0.05) is 24.2 Å². The van der Waals surface area contributed by atoms with Crippen LogP contribution in [0.3, 0.4) is 0 Å². The van der Waals surface area contributed by atoms with Crippen molar-refractivity contribution < 1.29 is 39.8 Å². The molecule has 190 valence electrons. The van der Waals surface area contributed by atoms with Gasteiger partial charge in [0.05, 0.1) is 43.0 Å². The van der Waals surface area contributed by atoms with Gasteiger partial charge in [-0.15, -0.1) is 0 Å². The first-order valence-electron chi connectivity index (χ1n) is 11.2. The molecule has 4 rings (SSSR count). The number of aromatic nitrogens is 1. The highest BCUT2D eigenvalue weighted by Gasteiger charge is 2.56.